The highest BCUT2D eigenvalue weighted by Gasteiger charge is 2.20. The molecule has 118 valence electrons. The Labute approximate surface area is 142 Å². The molecule has 6 nitrogen and oxygen atoms in total. The average Bonchev–Trinajstić information content (AvgIpc) is 2.95. The van der Waals surface area contributed by atoms with Crippen molar-refractivity contribution in [2.75, 3.05) is 11.1 Å². The Morgan fingerprint density at radius 2 is 2.22 bits per heavy atom. The number of anilines is 2. The second-order valence-corrected chi connectivity index (χ2v) is 7.01. The number of aryl methyl sites for hydroxylation is 1. The Bertz CT molecular complexity index is 765. The van der Waals surface area contributed by atoms with Gasteiger partial charge in [-0.15, -0.1) is 10.2 Å². The molecule has 0 bridgehead atoms. The van der Waals surface area contributed by atoms with Crippen molar-refractivity contribution in [2.45, 2.75) is 18.2 Å². The molecule has 2 aromatic rings. The fraction of sp³-hybridized carbons (Fsp3) is 0.267. The predicted molar refractivity (Wildman–Crippen MR) is 92.6 cm³/mol. The number of hydrogen-bond donors (Lipinski definition) is 2. The smallest absolute Gasteiger partial charge is 0.210 e. The molecule has 0 fully saturated rings. The van der Waals surface area contributed by atoms with Crippen LogP contribution in [-0.4, -0.2) is 27.4 Å². The average molecular weight is 345 g/mol. The number of Topliss-reactive ketones (excluding diaryl/α,β-unsaturated/α-hetero) is 1. The van der Waals surface area contributed by atoms with E-state index in [0.717, 1.165) is 11.3 Å². The van der Waals surface area contributed by atoms with Gasteiger partial charge in [-0.3, -0.25) is 4.79 Å². The summed E-state index contributed by atoms with van der Waals surface area (Å²) >= 11 is 2.58. The zero-order chi connectivity index (χ0) is 16.8. The molecule has 0 aliphatic carbocycles. The van der Waals surface area contributed by atoms with Crippen molar-refractivity contribution < 1.29 is 4.79 Å². The summed E-state index contributed by atoms with van der Waals surface area (Å²) in [6.45, 7) is 3.46. The lowest BCUT2D eigenvalue weighted by atomic mass is 10.0. The molecule has 0 spiro atoms. The number of ketones is 1. The van der Waals surface area contributed by atoms with E-state index in [2.05, 4.69) is 15.5 Å². The maximum atomic E-state index is 11.9. The zero-order valence-corrected chi connectivity index (χ0v) is 14.3. The normalized spacial score (nSPS) is 11.5. The number of hydrogen-bond acceptors (Lipinski definition) is 8. The van der Waals surface area contributed by atoms with Crippen LogP contribution in [0, 0.1) is 29.6 Å². The van der Waals surface area contributed by atoms with E-state index in [9.17, 15) is 4.79 Å². The van der Waals surface area contributed by atoms with Crippen LogP contribution < -0.4 is 5.32 Å². The van der Waals surface area contributed by atoms with Crippen LogP contribution in [0.15, 0.2) is 28.6 Å². The van der Waals surface area contributed by atoms with Crippen LogP contribution >= 0.6 is 23.1 Å². The number of carbonyl (C=O) groups is 1. The van der Waals surface area contributed by atoms with Gasteiger partial charge >= 0.3 is 0 Å². The molecule has 0 radical (unpaired) electrons. The van der Waals surface area contributed by atoms with Crippen LogP contribution in [0.5, 0.6) is 0 Å². The summed E-state index contributed by atoms with van der Waals surface area (Å²) in [4.78, 5) is 11.9. The van der Waals surface area contributed by atoms with Gasteiger partial charge in [0.15, 0.2) is 10.1 Å². The molecule has 0 aliphatic heterocycles. The molecular weight excluding hydrogens is 330 g/mol. The van der Waals surface area contributed by atoms with Gasteiger partial charge in [-0.05, 0) is 25.5 Å². The Morgan fingerprint density at radius 3 is 2.87 bits per heavy atom. The number of thioether (sulfide) groups is 1. The van der Waals surface area contributed by atoms with Crippen LogP contribution in [-0.2, 0) is 4.79 Å². The number of para-hydroxylation sites is 1. The van der Waals surface area contributed by atoms with E-state index in [1.807, 2.05) is 37.3 Å². The summed E-state index contributed by atoms with van der Waals surface area (Å²) in [5.74, 6) is -1.15. The molecule has 1 aromatic heterocycles. The summed E-state index contributed by atoms with van der Waals surface area (Å²) in [5.41, 5.74) is 2.13. The molecule has 0 amide bonds. The van der Waals surface area contributed by atoms with E-state index in [-0.39, 0.29) is 17.2 Å². The number of rotatable bonds is 7. The lowest BCUT2D eigenvalue weighted by molar-refractivity contribution is -0.117. The molecule has 0 saturated carbocycles. The molecular formula is C15H15N5OS2. The third-order valence-electron chi connectivity index (χ3n) is 3.02. The van der Waals surface area contributed by atoms with Gasteiger partial charge in [-0.2, -0.15) is 5.26 Å². The summed E-state index contributed by atoms with van der Waals surface area (Å²) in [5, 5.41) is 28.2. The van der Waals surface area contributed by atoms with Crippen LogP contribution in [0.3, 0.4) is 0 Å². The highest BCUT2D eigenvalue weighted by Crippen LogP contribution is 2.29. The highest BCUT2D eigenvalue weighted by atomic mass is 32.2. The lowest BCUT2D eigenvalue weighted by Crippen LogP contribution is -2.21. The number of nitriles is 1. The number of carbonyl (C=O) groups excluding carboxylic acids is 1. The number of nitrogens with one attached hydrogen (secondary N) is 2. The third-order valence-corrected chi connectivity index (χ3v) is 5.01. The Balaban J connectivity index is 1.95. The maximum absolute atomic E-state index is 11.9. The maximum Gasteiger partial charge on any atom is 0.210 e. The van der Waals surface area contributed by atoms with Crippen LogP contribution in [0.1, 0.15) is 12.5 Å². The Hall–Kier alpha value is -2.24. The Morgan fingerprint density at radius 1 is 1.48 bits per heavy atom. The lowest BCUT2D eigenvalue weighted by Gasteiger charge is -2.05. The first kappa shape index (κ1) is 17.1. The number of benzene rings is 1. The fourth-order valence-electron chi connectivity index (χ4n) is 1.77. The molecule has 0 unspecified atom stereocenters. The first-order chi connectivity index (χ1) is 11.0. The fourth-order valence-corrected chi connectivity index (χ4v) is 3.44. The molecule has 0 saturated heterocycles. The molecule has 2 N–H and O–H groups in total. The summed E-state index contributed by atoms with van der Waals surface area (Å²) in [7, 11) is 0. The minimum atomic E-state index is -0.972. The van der Waals surface area contributed by atoms with Crippen LogP contribution in [0.4, 0.5) is 10.8 Å². The summed E-state index contributed by atoms with van der Waals surface area (Å²) < 4.78 is 0.647. The molecule has 8 heteroatoms. The van der Waals surface area contributed by atoms with Crippen molar-refractivity contribution in [2.24, 2.45) is 5.92 Å². The molecule has 1 heterocycles. The second kappa shape index (κ2) is 7.85. The van der Waals surface area contributed by atoms with Crippen LogP contribution in [0.25, 0.3) is 0 Å². The van der Waals surface area contributed by atoms with E-state index in [4.69, 9.17) is 10.7 Å². The Kier molecular flexibility index (Phi) is 5.84. The van der Waals surface area contributed by atoms with Gasteiger partial charge in [0.05, 0.1) is 11.8 Å². The van der Waals surface area contributed by atoms with Gasteiger partial charge in [0, 0.05) is 11.4 Å². The van der Waals surface area contributed by atoms with Gasteiger partial charge in [0.2, 0.25) is 5.13 Å². The van der Waals surface area contributed by atoms with Crippen molar-refractivity contribution in [1.29, 1.82) is 10.7 Å². The highest BCUT2D eigenvalue weighted by molar-refractivity contribution is 8.01. The second-order valence-electron chi connectivity index (χ2n) is 4.81. The van der Waals surface area contributed by atoms with Gasteiger partial charge < -0.3 is 10.7 Å². The quantitative estimate of drug-likeness (QED) is 0.589. The molecule has 2 rings (SSSR count). The summed E-state index contributed by atoms with van der Waals surface area (Å²) in [6, 6.07) is 9.70. The molecule has 23 heavy (non-hydrogen) atoms. The largest absolute Gasteiger partial charge is 0.330 e. The number of nitrogens with zero attached hydrogens (tertiary/aromatic N) is 3. The SMILES string of the molecule is CC(=N)[C@@H](C#N)C(=O)CSc1nnc(Nc2ccccc2C)s1. The molecule has 1 atom stereocenters. The van der Waals surface area contributed by atoms with Crippen LogP contribution in [0.2, 0.25) is 0 Å². The first-order valence-corrected chi connectivity index (χ1v) is 8.58. The topological polar surface area (TPSA) is 103 Å². The van der Waals surface area contributed by atoms with E-state index < -0.39 is 5.92 Å². The molecule has 1 aromatic carbocycles. The van der Waals surface area contributed by atoms with Crippen molar-refractivity contribution in [1.82, 2.24) is 10.2 Å². The first-order valence-electron chi connectivity index (χ1n) is 6.77. The van der Waals surface area contributed by atoms with E-state index >= 15 is 0 Å². The van der Waals surface area contributed by atoms with Gasteiger partial charge in [0.1, 0.15) is 5.92 Å². The van der Waals surface area contributed by atoms with E-state index in [1.165, 1.54) is 30.0 Å². The monoisotopic (exact) mass is 345 g/mol. The minimum Gasteiger partial charge on any atom is -0.330 e. The van der Waals surface area contributed by atoms with E-state index in [1.54, 1.807) is 0 Å². The van der Waals surface area contributed by atoms with Crippen molar-refractivity contribution in [3.63, 3.8) is 0 Å². The molecule has 0 aliphatic rings. The van der Waals surface area contributed by atoms with Gasteiger partial charge in [0.25, 0.3) is 0 Å². The summed E-state index contributed by atoms with van der Waals surface area (Å²) in [6.07, 6.45) is 0. The van der Waals surface area contributed by atoms with Gasteiger partial charge in [-0.1, -0.05) is 41.3 Å². The third kappa shape index (κ3) is 4.61. The minimum absolute atomic E-state index is 0.0669. The van der Waals surface area contributed by atoms with E-state index in [0.29, 0.717) is 9.47 Å². The van der Waals surface area contributed by atoms with Crippen molar-refractivity contribution in [3.8, 4) is 6.07 Å². The zero-order valence-electron chi connectivity index (χ0n) is 12.7. The van der Waals surface area contributed by atoms with Crippen molar-refractivity contribution >= 4 is 45.4 Å². The standard InChI is InChI=1S/C15H15N5OS2/c1-9-5-3-4-6-12(9)18-14-19-20-15(23-14)22-8-13(21)11(7-16)10(2)17/h3-6,11,17H,8H2,1-2H3,(H,18,19)/t11-/m1/s1. The van der Waals surface area contributed by atoms with Gasteiger partial charge in [-0.25, -0.2) is 0 Å². The predicted octanol–water partition coefficient (Wildman–Crippen LogP) is 3.43. The van der Waals surface area contributed by atoms with Crippen molar-refractivity contribution in [3.05, 3.63) is 29.8 Å². The number of aromatic nitrogens is 2.